The van der Waals surface area contributed by atoms with E-state index in [1.54, 1.807) is 30.4 Å². The largest absolute Gasteiger partial charge is 0.480 e. The molecule has 0 aromatic carbocycles. The van der Waals surface area contributed by atoms with Crippen LogP contribution in [0.1, 0.15) is 58.3 Å². The van der Waals surface area contributed by atoms with Crippen LogP contribution in [0, 0.1) is 0 Å². The van der Waals surface area contributed by atoms with Crippen LogP contribution in [0.25, 0.3) is 0 Å². The Morgan fingerprint density at radius 2 is 1.38 bits per heavy atom. The molecule has 0 aromatic rings. The van der Waals surface area contributed by atoms with Crippen molar-refractivity contribution < 1.29 is 44.4 Å². The number of carbonyl (C=O) groups excluding carboxylic acids is 2. The van der Waals surface area contributed by atoms with E-state index in [4.69, 9.17) is 10.2 Å². The fourth-order valence-corrected chi connectivity index (χ4v) is 4.11. The van der Waals surface area contributed by atoms with E-state index < -0.39 is 60.5 Å². The number of aliphatic carboxylic acids is 3. The van der Waals surface area contributed by atoms with Crippen LogP contribution in [-0.4, -0.2) is 86.7 Å². The molecule has 0 aromatic heterocycles. The van der Waals surface area contributed by atoms with Crippen LogP contribution in [-0.2, 0) is 24.0 Å². The van der Waals surface area contributed by atoms with Gasteiger partial charge in [-0.1, -0.05) is 93.0 Å². The summed E-state index contributed by atoms with van der Waals surface area (Å²) in [4.78, 5) is 57.6. The first kappa shape index (κ1) is 41.1. The normalized spacial score (nSPS) is 14.9. The quantitative estimate of drug-likeness (QED) is 0.0314. The summed E-state index contributed by atoms with van der Waals surface area (Å²) in [5, 5.41) is 45.5. The number of carboxylic acids is 3. The maximum Gasteiger partial charge on any atom is 0.328 e. The standard InChI is InChI=1S/C32H47N3O9S/c1-2-3-14-18-27(36)24(17-15-12-10-8-6-4-5-7-9-11-13-16-19-29(38)39)34-25(32(43)44)20-21-28(37)35-26(23-45)31(42)33-22-30(40)41/h4-13,16,19,24-27,34,36,45H,2-3,14-15,17-18,20-23H2,1H3,(H,33,42)(H,35,37)(H,38,39)(H,40,41)(H,43,44)/t24?,25-,26-,27?/m0/s1. The van der Waals surface area contributed by atoms with Crippen LogP contribution in [0.3, 0.4) is 0 Å². The highest BCUT2D eigenvalue weighted by Crippen LogP contribution is 2.14. The summed E-state index contributed by atoms with van der Waals surface area (Å²) in [6, 6.07) is -2.73. The molecule has 2 amide bonds. The van der Waals surface area contributed by atoms with Crippen LogP contribution >= 0.6 is 12.6 Å². The fourth-order valence-electron chi connectivity index (χ4n) is 3.85. The summed E-state index contributed by atoms with van der Waals surface area (Å²) < 4.78 is 0. The van der Waals surface area contributed by atoms with Gasteiger partial charge in [-0.15, -0.1) is 0 Å². The Morgan fingerprint density at radius 1 is 0.778 bits per heavy atom. The van der Waals surface area contributed by atoms with Crippen LogP contribution in [0.4, 0.5) is 0 Å². The molecular formula is C32H47N3O9S. The number of carboxylic acid groups (broad SMARTS) is 3. The Bertz CT molecular complexity index is 1100. The summed E-state index contributed by atoms with van der Waals surface area (Å²) in [7, 11) is 0. The zero-order valence-electron chi connectivity index (χ0n) is 25.6. The highest BCUT2D eigenvalue weighted by Gasteiger charge is 2.27. The molecule has 0 saturated heterocycles. The number of aliphatic hydroxyl groups excluding tert-OH is 1. The van der Waals surface area contributed by atoms with Gasteiger partial charge in [0.15, 0.2) is 0 Å². The van der Waals surface area contributed by atoms with E-state index >= 15 is 0 Å². The molecular weight excluding hydrogens is 602 g/mol. The first-order chi connectivity index (χ1) is 21.5. The summed E-state index contributed by atoms with van der Waals surface area (Å²) >= 11 is 4.02. The number of allylic oxidation sites excluding steroid dienone is 11. The lowest BCUT2D eigenvalue weighted by molar-refractivity contribution is -0.140. The van der Waals surface area contributed by atoms with E-state index in [2.05, 4.69) is 28.6 Å². The minimum atomic E-state index is -1.24. The minimum Gasteiger partial charge on any atom is -0.480 e. The van der Waals surface area contributed by atoms with Gasteiger partial charge in [0.1, 0.15) is 18.6 Å². The van der Waals surface area contributed by atoms with Crippen LogP contribution in [0.15, 0.2) is 72.9 Å². The molecule has 4 atom stereocenters. The van der Waals surface area contributed by atoms with Gasteiger partial charge in [-0.2, -0.15) is 12.6 Å². The Labute approximate surface area is 270 Å². The third-order valence-electron chi connectivity index (χ3n) is 6.21. The molecule has 0 radical (unpaired) electrons. The van der Waals surface area contributed by atoms with Gasteiger partial charge >= 0.3 is 17.9 Å². The predicted molar refractivity (Wildman–Crippen MR) is 176 cm³/mol. The third-order valence-corrected chi connectivity index (χ3v) is 6.57. The summed E-state index contributed by atoms with van der Waals surface area (Å²) in [6.07, 6.45) is 23.4. The van der Waals surface area contributed by atoms with Crippen molar-refractivity contribution in [1.82, 2.24) is 16.0 Å². The number of carbonyl (C=O) groups is 5. The van der Waals surface area contributed by atoms with E-state index in [-0.39, 0.29) is 18.6 Å². The first-order valence-electron chi connectivity index (χ1n) is 14.8. The second-order valence-electron chi connectivity index (χ2n) is 9.92. The van der Waals surface area contributed by atoms with Gasteiger partial charge in [0.2, 0.25) is 11.8 Å². The molecule has 0 saturated carbocycles. The van der Waals surface area contributed by atoms with E-state index in [1.165, 1.54) is 6.08 Å². The lowest BCUT2D eigenvalue weighted by Gasteiger charge is -2.27. The van der Waals surface area contributed by atoms with Gasteiger partial charge in [0.05, 0.1) is 6.10 Å². The van der Waals surface area contributed by atoms with Gasteiger partial charge in [-0.05, 0) is 25.7 Å². The van der Waals surface area contributed by atoms with Crippen molar-refractivity contribution in [1.29, 1.82) is 0 Å². The van der Waals surface area contributed by atoms with Gasteiger partial charge in [-0.25, -0.2) is 4.79 Å². The maximum absolute atomic E-state index is 12.4. The number of rotatable bonds is 25. The average Bonchev–Trinajstić information content (AvgIpc) is 2.99. The molecule has 0 heterocycles. The Hall–Kier alpha value is -3.94. The predicted octanol–water partition coefficient (Wildman–Crippen LogP) is 2.94. The molecule has 0 aliphatic rings. The number of hydrogen-bond donors (Lipinski definition) is 8. The Morgan fingerprint density at radius 3 is 1.91 bits per heavy atom. The summed E-state index contributed by atoms with van der Waals surface area (Å²) in [6.45, 7) is 1.44. The molecule has 2 unspecified atom stereocenters. The smallest absolute Gasteiger partial charge is 0.328 e. The molecule has 13 heteroatoms. The van der Waals surface area contributed by atoms with Crippen molar-refractivity contribution in [3.05, 3.63) is 72.9 Å². The van der Waals surface area contributed by atoms with Crippen molar-refractivity contribution >= 4 is 42.4 Å². The minimum absolute atomic E-state index is 0.0763. The molecule has 0 bridgehead atoms. The number of unbranched alkanes of at least 4 members (excludes halogenated alkanes) is 2. The van der Waals surface area contributed by atoms with E-state index in [0.717, 1.165) is 25.3 Å². The first-order valence-corrected chi connectivity index (χ1v) is 15.4. The maximum atomic E-state index is 12.4. The van der Waals surface area contributed by atoms with Crippen LogP contribution in [0.5, 0.6) is 0 Å². The molecule has 0 aliphatic heterocycles. The molecule has 7 N–H and O–H groups in total. The monoisotopic (exact) mass is 649 g/mol. The van der Waals surface area contributed by atoms with Crippen molar-refractivity contribution in [2.24, 2.45) is 0 Å². The topological polar surface area (TPSA) is 202 Å². The molecule has 0 spiro atoms. The fraction of sp³-hybridized carbons (Fsp3) is 0.469. The number of nitrogens with one attached hydrogen (secondary N) is 3. The second-order valence-corrected chi connectivity index (χ2v) is 10.3. The van der Waals surface area contributed by atoms with Crippen molar-refractivity contribution in [3.63, 3.8) is 0 Å². The summed E-state index contributed by atoms with van der Waals surface area (Å²) in [5.74, 6) is -4.80. The van der Waals surface area contributed by atoms with E-state index in [0.29, 0.717) is 19.3 Å². The lowest BCUT2D eigenvalue weighted by Crippen LogP contribution is -2.50. The van der Waals surface area contributed by atoms with Crippen molar-refractivity contribution in [3.8, 4) is 0 Å². The van der Waals surface area contributed by atoms with Gasteiger partial charge in [0, 0.05) is 24.3 Å². The number of amides is 2. The zero-order chi connectivity index (χ0) is 33.9. The highest BCUT2D eigenvalue weighted by molar-refractivity contribution is 7.80. The summed E-state index contributed by atoms with van der Waals surface area (Å²) in [5.41, 5.74) is 0. The number of thiol groups is 1. The molecule has 0 aliphatic carbocycles. The molecule has 0 fully saturated rings. The number of aliphatic hydroxyl groups is 1. The molecule has 250 valence electrons. The van der Waals surface area contributed by atoms with Gasteiger partial charge in [0.25, 0.3) is 0 Å². The van der Waals surface area contributed by atoms with E-state index in [1.807, 2.05) is 37.3 Å². The van der Waals surface area contributed by atoms with Gasteiger partial charge in [-0.3, -0.25) is 24.5 Å². The molecule has 45 heavy (non-hydrogen) atoms. The van der Waals surface area contributed by atoms with Gasteiger partial charge < -0.3 is 31.1 Å². The number of hydrogen-bond acceptors (Lipinski definition) is 8. The highest BCUT2D eigenvalue weighted by atomic mass is 32.1. The van der Waals surface area contributed by atoms with Crippen molar-refractivity contribution in [2.45, 2.75) is 82.5 Å². The second kappa shape index (κ2) is 26.5. The van der Waals surface area contributed by atoms with Crippen LogP contribution < -0.4 is 16.0 Å². The average molecular weight is 650 g/mol. The van der Waals surface area contributed by atoms with E-state index in [9.17, 15) is 34.2 Å². The molecule has 0 rings (SSSR count). The molecule has 12 nitrogen and oxygen atoms in total. The SMILES string of the molecule is CCCCCC(O)C(CCC=CC=CC=CC=CC=CC=CC(=O)O)N[C@@H](CCC(=O)N[C@@H](CS)C(=O)NCC(=O)O)C(=O)O. The zero-order valence-corrected chi connectivity index (χ0v) is 26.5. The van der Waals surface area contributed by atoms with Crippen molar-refractivity contribution in [2.75, 3.05) is 12.3 Å². The third kappa shape index (κ3) is 23.2. The Kier molecular flexibility index (Phi) is 24.1. The van der Waals surface area contributed by atoms with Crippen LogP contribution in [0.2, 0.25) is 0 Å². The Balaban J connectivity index is 5.07. The lowest BCUT2D eigenvalue weighted by atomic mass is 9.97.